The molecule has 0 aromatic heterocycles. The number of rotatable bonds is 8. The molecule has 0 aromatic carbocycles. The van der Waals surface area contributed by atoms with Crippen LogP contribution in [0, 0.1) is 5.92 Å². The predicted octanol–water partition coefficient (Wildman–Crippen LogP) is 2.51. The Hall–Kier alpha value is -0.120. The van der Waals surface area contributed by atoms with Crippen LogP contribution in [0.1, 0.15) is 47.0 Å². The standard InChI is InChI=1S/C15H32N2O/c1-5-15-12-17(10-11-18-15)9-8-16-14(4)7-6-13(2)3/h13-16H,5-12H2,1-4H3. The van der Waals surface area contributed by atoms with Gasteiger partial charge in [-0.3, -0.25) is 4.90 Å². The van der Waals surface area contributed by atoms with E-state index in [-0.39, 0.29) is 0 Å². The van der Waals surface area contributed by atoms with Crippen molar-refractivity contribution in [3.63, 3.8) is 0 Å². The lowest BCUT2D eigenvalue weighted by Crippen LogP contribution is -2.45. The van der Waals surface area contributed by atoms with Gasteiger partial charge in [-0.2, -0.15) is 0 Å². The van der Waals surface area contributed by atoms with Crippen LogP contribution in [-0.4, -0.2) is 49.8 Å². The molecule has 2 atom stereocenters. The van der Waals surface area contributed by atoms with Gasteiger partial charge in [-0.1, -0.05) is 20.8 Å². The summed E-state index contributed by atoms with van der Waals surface area (Å²) in [6.07, 6.45) is 4.20. The van der Waals surface area contributed by atoms with Gasteiger partial charge >= 0.3 is 0 Å². The average Bonchev–Trinajstić information content (AvgIpc) is 2.36. The largest absolute Gasteiger partial charge is 0.376 e. The Labute approximate surface area is 113 Å². The molecule has 18 heavy (non-hydrogen) atoms. The van der Waals surface area contributed by atoms with E-state index in [4.69, 9.17) is 4.74 Å². The summed E-state index contributed by atoms with van der Waals surface area (Å²) in [5.41, 5.74) is 0. The van der Waals surface area contributed by atoms with Crippen LogP contribution in [0.4, 0.5) is 0 Å². The highest BCUT2D eigenvalue weighted by Gasteiger charge is 2.18. The van der Waals surface area contributed by atoms with Gasteiger partial charge in [0.1, 0.15) is 0 Å². The Balaban J connectivity index is 2.06. The SMILES string of the molecule is CCC1CN(CCNC(C)CCC(C)C)CCO1. The van der Waals surface area contributed by atoms with E-state index in [1.807, 2.05) is 0 Å². The fourth-order valence-electron chi connectivity index (χ4n) is 2.38. The number of morpholine rings is 1. The first-order valence-electron chi connectivity index (χ1n) is 7.69. The van der Waals surface area contributed by atoms with Crippen molar-refractivity contribution in [1.82, 2.24) is 10.2 Å². The first kappa shape index (κ1) is 15.9. The first-order chi connectivity index (χ1) is 8.61. The zero-order valence-electron chi connectivity index (χ0n) is 12.7. The van der Waals surface area contributed by atoms with Crippen LogP contribution in [-0.2, 0) is 4.74 Å². The summed E-state index contributed by atoms with van der Waals surface area (Å²) >= 11 is 0. The number of hydrogen-bond acceptors (Lipinski definition) is 3. The van der Waals surface area contributed by atoms with Gasteiger partial charge in [0.25, 0.3) is 0 Å². The molecule has 2 unspecified atom stereocenters. The van der Waals surface area contributed by atoms with Gasteiger partial charge in [0.05, 0.1) is 12.7 Å². The second kappa shape index (κ2) is 8.89. The van der Waals surface area contributed by atoms with Crippen LogP contribution < -0.4 is 5.32 Å². The van der Waals surface area contributed by atoms with Crippen LogP contribution in [0.3, 0.4) is 0 Å². The molecule has 0 saturated carbocycles. The molecule has 0 aliphatic carbocycles. The Morgan fingerprint density at radius 2 is 2.06 bits per heavy atom. The minimum Gasteiger partial charge on any atom is -0.376 e. The van der Waals surface area contributed by atoms with Gasteiger partial charge in [0.2, 0.25) is 0 Å². The molecular weight excluding hydrogens is 224 g/mol. The van der Waals surface area contributed by atoms with E-state index in [0.717, 1.165) is 45.1 Å². The van der Waals surface area contributed by atoms with Gasteiger partial charge in [0.15, 0.2) is 0 Å². The van der Waals surface area contributed by atoms with Crippen molar-refractivity contribution >= 4 is 0 Å². The summed E-state index contributed by atoms with van der Waals surface area (Å²) in [5, 5.41) is 3.64. The van der Waals surface area contributed by atoms with E-state index in [9.17, 15) is 0 Å². The van der Waals surface area contributed by atoms with Crippen LogP contribution in [0.15, 0.2) is 0 Å². The van der Waals surface area contributed by atoms with E-state index in [0.29, 0.717) is 12.1 Å². The van der Waals surface area contributed by atoms with Crippen molar-refractivity contribution in [2.75, 3.05) is 32.8 Å². The fourth-order valence-corrected chi connectivity index (χ4v) is 2.38. The molecule has 1 rings (SSSR count). The van der Waals surface area contributed by atoms with Gasteiger partial charge in [-0.05, 0) is 32.1 Å². The molecule has 1 N–H and O–H groups in total. The zero-order valence-corrected chi connectivity index (χ0v) is 12.7. The highest BCUT2D eigenvalue weighted by Crippen LogP contribution is 2.08. The van der Waals surface area contributed by atoms with Gasteiger partial charge in [0, 0.05) is 32.2 Å². The quantitative estimate of drug-likeness (QED) is 0.722. The van der Waals surface area contributed by atoms with E-state index < -0.39 is 0 Å². The molecule has 3 heteroatoms. The third kappa shape index (κ3) is 6.72. The second-order valence-corrected chi connectivity index (χ2v) is 6.03. The zero-order chi connectivity index (χ0) is 13.4. The normalized spacial score (nSPS) is 23.5. The number of hydrogen-bond donors (Lipinski definition) is 1. The summed E-state index contributed by atoms with van der Waals surface area (Å²) < 4.78 is 5.69. The summed E-state index contributed by atoms with van der Waals surface area (Å²) in [4.78, 5) is 2.53. The van der Waals surface area contributed by atoms with Gasteiger partial charge in [-0.15, -0.1) is 0 Å². The molecule has 1 aliphatic heterocycles. The molecule has 1 aliphatic rings. The highest BCUT2D eigenvalue weighted by molar-refractivity contribution is 4.72. The van der Waals surface area contributed by atoms with Crippen LogP contribution >= 0.6 is 0 Å². The summed E-state index contributed by atoms with van der Waals surface area (Å²) in [6, 6.07) is 0.649. The predicted molar refractivity (Wildman–Crippen MR) is 78.0 cm³/mol. The van der Waals surface area contributed by atoms with E-state index in [2.05, 4.69) is 37.9 Å². The van der Waals surface area contributed by atoms with E-state index >= 15 is 0 Å². The van der Waals surface area contributed by atoms with Crippen molar-refractivity contribution in [2.24, 2.45) is 5.92 Å². The third-order valence-corrected chi connectivity index (χ3v) is 3.78. The van der Waals surface area contributed by atoms with E-state index in [1.54, 1.807) is 0 Å². The molecule has 1 saturated heterocycles. The van der Waals surface area contributed by atoms with Crippen LogP contribution in [0.2, 0.25) is 0 Å². The maximum absolute atomic E-state index is 5.69. The summed E-state index contributed by atoms with van der Waals surface area (Å²) in [5.74, 6) is 0.818. The first-order valence-corrected chi connectivity index (χ1v) is 7.69. The maximum atomic E-state index is 5.69. The number of nitrogens with one attached hydrogen (secondary N) is 1. The van der Waals surface area contributed by atoms with E-state index in [1.165, 1.54) is 12.8 Å². The lowest BCUT2D eigenvalue weighted by atomic mass is 10.0. The van der Waals surface area contributed by atoms with Crippen molar-refractivity contribution in [2.45, 2.75) is 59.1 Å². The van der Waals surface area contributed by atoms with Crippen molar-refractivity contribution in [1.29, 1.82) is 0 Å². The van der Waals surface area contributed by atoms with Gasteiger partial charge < -0.3 is 10.1 Å². The molecule has 3 nitrogen and oxygen atoms in total. The summed E-state index contributed by atoms with van der Waals surface area (Å²) in [6.45, 7) is 14.5. The smallest absolute Gasteiger partial charge is 0.0700 e. The topological polar surface area (TPSA) is 24.5 Å². The average molecular weight is 256 g/mol. The molecule has 1 heterocycles. The fraction of sp³-hybridized carbons (Fsp3) is 1.00. The molecule has 0 spiro atoms. The van der Waals surface area contributed by atoms with Crippen molar-refractivity contribution < 1.29 is 4.74 Å². The molecular formula is C15H32N2O. The number of ether oxygens (including phenoxy) is 1. The molecule has 108 valence electrons. The van der Waals surface area contributed by atoms with Crippen molar-refractivity contribution in [3.05, 3.63) is 0 Å². The Bertz CT molecular complexity index is 209. The monoisotopic (exact) mass is 256 g/mol. The lowest BCUT2D eigenvalue weighted by Gasteiger charge is -2.32. The lowest BCUT2D eigenvalue weighted by molar-refractivity contribution is -0.0292. The maximum Gasteiger partial charge on any atom is 0.0700 e. The van der Waals surface area contributed by atoms with Crippen molar-refractivity contribution in [3.8, 4) is 0 Å². The highest BCUT2D eigenvalue weighted by atomic mass is 16.5. The number of nitrogens with zero attached hydrogens (tertiary/aromatic N) is 1. The molecule has 0 aromatic rings. The molecule has 1 fully saturated rings. The molecule has 0 radical (unpaired) electrons. The Kier molecular flexibility index (Phi) is 7.87. The Morgan fingerprint density at radius 1 is 1.28 bits per heavy atom. The van der Waals surface area contributed by atoms with Gasteiger partial charge in [-0.25, -0.2) is 0 Å². The minimum absolute atomic E-state index is 0.456. The molecule has 0 bridgehead atoms. The third-order valence-electron chi connectivity index (χ3n) is 3.78. The van der Waals surface area contributed by atoms with Crippen LogP contribution in [0.25, 0.3) is 0 Å². The minimum atomic E-state index is 0.456. The second-order valence-electron chi connectivity index (χ2n) is 6.03. The molecule has 0 amide bonds. The Morgan fingerprint density at radius 3 is 2.72 bits per heavy atom. The summed E-state index contributed by atoms with van der Waals surface area (Å²) in [7, 11) is 0. The van der Waals surface area contributed by atoms with Crippen LogP contribution in [0.5, 0.6) is 0 Å².